The van der Waals surface area contributed by atoms with Gasteiger partial charge in [-0.25, -0.2) is 0 Å². The van der Waals surface area contributed by atoms with Crippen LogP contribution in [0, 0.1) is 5.92 Å². The van der Waals surface area contributed by atoms with E-state index in [2.05, 4.69) is 34.5 Å². The number of hydrogen-bond donors (Lipinski definition) is 2. The predicted octanol–water partition coefficient (Wildman–Crippen LogP) is -0.179. The highest BCUT2D eigenvalue weighted by atomic mass is 15.2. The Kier molecular flexibility index (Phi) is 5.22. The largest absolute Gasteiger partial charge is 0.315 e. The summed E-state index contributed by atoms with van der Waals surface area (Å²) in [6.45, 7) is 8.48. The van der Waals surface area contributed by atoms with Crippen LogP contribution in [0.3, 0.4) is 0 Å². The van der Waals surface area contributed by atoms with Gasteiger partial charge >= 0.3 is 0 Å². The van der Waals surface area contributed by atoms with Crippen LogP contribution in [-0.4, -0.2) is 75.8 Å². The molecule has 4 nitrogen and oxygen atoms in total. The van der Waals surface area contributed by atoms with E-state index >= 15 is 0 Å². The summed E-state index contributed by atoms with van der Waals surface area (Å²) < 4.78 is 0. The highest BCUT2D eigenvalue weighted by Crippen LogP contribution is 2.19. The third-order valence-electron chi connectivity index (χ3n) is 4.27. The van der Waals surface area contributed by atoms with E-state index in [0.717, 1.165) is 19.0 Å². The monoisotopic (exact) mass is 240 g/mol. The molecule has 0 radical (unpaired) electrons. The number of rotatable bonds is 4. The van der Waals surface area contributed by atoms with Crippen molar-refractivity contribution < 1.29 is 0 Å². The van der Waals surface area contributed by atoms with Crippen molar-refractivity contribution >= 4 is 0 Å². The second-order valence-electron chi connectivity index (χ2n) is 5.61. The van der Waals surface area contributed by atoms with Gasteiger partial charge in [-0.3, -0.25) is 4.90 Å². The molecule has 0 aliphatic carbocycles. The van der Waals surface area contributed by atoms with E-state index in [1.807, 2.05) is 0 Å². The summed E-state index contributed by atoms with van der Waals surface area (Å²) in [6.07, 6.45) is 2.75. The lowest BCUT2D eigenvalue weighted by molar-refractivity contribution is 0.138. The minimum Gasteiger partial charge on any atom is -0.315 e. The first-order chi connectivity index (χ1) is 8.29. The van der Waals surface area contributed by atoms with Gasteiger partial charge in [-0.05, 0) is 39.4 Å². The number of hydrogen-bond acceptors (Lipinski definition) is 4. The SMILES string of the molecule is CNC(CN1CCNCC1)C1CCCN(C)C1. The Morgan fingerprint density at radius 3 is 2.71 bits per heavy atom. The molecule has 0 spiro atoms. The highest BCUT2D eigenvalue weighted by Gasteiger charge is 2.26. The fourth-order valence-corrected chi connectivity index (χ4v) is 3.18. The molecule has 2 aliphatic rings. The lowest BCUT2D eigenvalue weighted by Gasteiger charge is -2.38. The van der Waals surface area contributed by atoms with Gasteiger partial charge < -0.3 is 15.5 Å². The van der Waals surface area contributed by atoms with E-state index in [0.29, 0.717) is 6.04 Å². The molecule has 4 heteroatoms. The molecular formula is C13H28N4. The Balaban J connectivity index is 1.82. The minimum absolute atomic E-state index is 0.663. The average molecular weight is 240 g/mol. The molecule has 0 aromatic rings. The quantitative estimate of drug-likeness (QED) is 0.714. The smallest absolute Gasteiger partial charge is 0.0232 e. The third-order valence-corrected chi connectivity index (χ3v) is 4.27. The number of piperazine rings is 1. The van der Waals surface area contributed by atoms with E-state index in [1.54, 1.807) is 0 Å². The zero-order valence-corrected chi connectivity index (χ0v) is 11.4. The van der Waals surface area contributed by atoms with Crippen molar-refractivity contribution in [3.63, 3.8) is 0 Å². The molecule has 2 atom stereocenters. The number of nitrogens with zero attached hydrogens (tertiary/aromatic N) is 2. The van der Waals surface area contributed by atoms with Crippen molar-refractivity contribution in [2.24, 2.45) is 5.92 Å². The highest BCUT2D eigenvalue weighted by molar-refractivity contribution is 4.84. The minimum atomic E-state index is 0.663. The molecule has 2 heterocycles. The zero-order valence-electron chi connectivity index (χ0n) is 11.4. The lowest BCUT2D eigenvalue weighted by atomic mass is 9.90. The van der Waals surface area contributed by atoms with E-state index in [1.165, 1.54) is 45.6 Å². The molecule has 0 bridgehead atoms. The summed E-state index contributed by atoms with van der Waals surface area (Å²) in [6, 6.07) is 0.663. The number of likely N-dealkylation sites (tertiary alicyclic amines) is 1. The summed E-state index contributed by atoms with van der Waals surface area (Å²) in [5.74, 6) is 0.827. The van der Waals surface area contributed by atoms with Crippen molar-refractivity contribution in [1.29, 1.82) is 0 Å². The van der Waals surface area contributed by atoms with Gasteiger partial charge in [0.15, 0.2) is 0 Å². The zero-order chi connectivity index (χ0) is 12.1. The Labute approximate surface area is 106 Å². The van der Waals surface area contributed by atoms with Gasteiger partial charge in [0, 0.05) is 45.3 Å². The summed E-state index contributed by atoms with van der Waals surface area (Å²) in [5, 5.41) is 6.97. The van der Waals surface area contributed by atoms with Gasteiger partial charge in [-0.2, -0.15) is 0 Å². The summed E-state index contributed by atoms with van der Waals surface area (Å²) in [7, 11) is 4.38. The second kappa shape index (κ2) is 6.69. The van der Waals surface area contributed by atoms with Crippen LogP contribution in [-0.2, 0) is 0 Å². The van der Waals surface area contributed by atoms with Gasteiger partial charge in [0.05, 0.1) is 0 Å². The molecule has 2 saturated heterocycles. The standard InChI is InChI=1S/C13H28N4/c1-14-13(11-17-8-5-15-6-9-17)12-4-3-7-16(2)10-12/h12-15H,3-11H2,1-2H3. The molecule has 2 fully saturated rings. The predicted molar refractivity (Wildman–Crippen MR) is 72.4 cm³/mol. The fourth-order valence-electron chi connectivity index (χ4n) is 3.18. The molecule has 2 unspecified atom stereocenters. The normalized spacial score (nSPS) is 30.4. The molecule has 2 rings (SSSR count). The Morgan fingerprint density at radius 1 is 1.29 bits per heavy atom. The van der Waals surface area contributed by atoms with Crippen molar-refractivity contribution in [2.45, 2.75) is 18.9 Å². The number of likely N-dealkylation sites (N-methyl/N-ethyl adjacent to an activating group) is 1. The van der Waals surface area contributed by atoms with Gasteiger partial charge in [-0.1, -0.05) is 0 Å². The summed E-state index contributed by atoms with van der Waals surface area (Å²) >= 11 is 0. The molecular weight excluding hydrogens is 212 g/mol. The van der Waals surface area contributed by atoms with Crippen LogP contribution in [0.5, 0.6) is 0 Å². The maximum absolute atomic E-state index is 3.55. The van der Waals surface area contributed by atoms with Crippen LogP contribution in [0.1, 0.15) is 12.8 Å². The molecule has 0 aromatic heterocycles. The first kappa shape index (κ1) is 13.3. The molecule has 0 amide bonds. The van der Waals surface area contributed by atoms with E-state index in [-0.39, 0.29) is 0 Å². The fraction of sp³-hybridized carbons (Fsp3) is 1.00. The van der Waals surface area contributed by atoms with Crippen molar-refractivity contribution in [3.8, 4) is 0 Å². The molecule has 2 N–H and O–H groups in total. The summed E-state index contributed by atoms with van der Waals surface area (Å²) in [4.78, 5) is 5.09. The van der Waals surface area contributed by atoms with Crippen molar-refractivity contribution in [3.05, 3.63) is 0 Å². The molecule has 2 aliphatic heterocycles. The first-order valence-corrected chi connectivity index (χ1v) is 7.08. The molecule has 100 valence electrons. The number of piperidine rings is 1. The Morgan fingerprint density at radius 2 is 2.06 bits per heavy atom. The van der Waals surface area contributed by atoms with E-state index in [4.69, 9.17) is 0 Å². The van der Waals surface area contributed by atoms with Gasteiger partial charge in [0.2, 0.25) is 0 Å². The van der Waals surface area contributed by atoms with Crippen LogP contribution < -0.4 is 10.6 Å². The molecule has 17 heavy (non-hydrogen) atoms. The third kappa shape index (κ3) is 3.91. The van der Waals surface area contributed by atoms with Crippen LogP contribution in [0.4, 0.5) is 0 Å². The van der Waals surface area contributed by atoms with Crippen molar-refractivity contribution in [2.75, 3.05) is 59.9 Å². The van der Waals surface area contributed by atoms with Crippen molar-refractivity contribution in [1.82, 2.24) is 20.4 Å². The molecule has 0 aromatic carbocycles. The second-order valence-corrected chi connectivity index (χ2v) is 5.61. The number of nitrogens with one attached hydrogen (secondary N) is 2. The Bertz CT molecular complexity index is 215. The summed E-state index contributed by atoms with van der Waals surface area (Å²) in [5.41, 5.74) is 0. The molecule has 0 saturated carbocycles. The van der Waals surface area contributed by atoms with Gasteiger partial charge in [0.1, 0.15) is 0 Å². The van der Waals surface area contributed by atoms with Crippen LogP contribution in [0.2, 0.25) is 0 Å². The topological polar surface area (TPSA) is 30.5 Å². The van der Waals surface area contributed by atoms with Crippen LogP contribution in [0.15, 0.2) is 0 Å². The van der Waals surface area contributed by atoms with Crippen LogP contribution in [0.25, 0.3) is 0 Å². The van der Waals surface area contributed by atoms with E-state index in [9.17, 15) is 0 Å². The Hall–Kier alpha value is -0.160. The maximum atomic E-state index is 3.55. The van der Waals surface area contributed by atoms with Gasteiger partial charge in [0.25, 0.3) is 0 Å². The van der Waals surface area contributed by atoms with Gasteiger partial charge in [-0.15, -0.1) is 0 Å². The maximum Gasteiger partial charge on any atom is 0.0232 e. The first-order valence-electron chi connectivity index (χ1n) is 7.08. The van der Waals surface area contributed by atoms with Crippen LogP contribution >= 0.6 is 0 Å². The average Bonchev–Trinajstić information content (AvgIpc) is 2.37. The van der Waals surface area contributed by atoms with E-state index < -0.39 is 0 Å². The lowest BCUT2D eigenvalue weighted by Crippen LogP contribution is -2.53.